The summed E-state index contributed by atoms with van der Waals surface area (Å²) >= 11 is 0. The largest absolute Gasteiger partial charge is 0.489 e. The molecule has 1 aliphatic carbocycles. The molecule has 0 radical (unpaired) electrons. The lowest BCUT2D eigenvalue weighted by atomic mass is 9.77. The lowest BCUT2D eigenvalue weighted by Gasteiger charge is -2.39. The number of nitrogens with zero attached hydrogens (tertiary/aromatic N) is 4. The second kappa shape index (κ2) is 10.8. The zero-order valence-electron chi connectivity index (χ0n) is 22.2. The first kappa shape index (κ1) is 25.6. The van der Waals surface area contributed by atoms with E-state index in [0.717, 1.165) is 76.6 Å². The average Bonchev–Trinajstić information content (AvgIpc) is 3.46. The molecule has 2 fully saturated rings. The SMILES string of the molecule is NC(=O)C1(OC(=O)c2ccnc3ccccc23)CCC(CCN2CCN(c3nccc4c3OCC4)CC2)CC1. The summed E-state index contributed by atoms with van der Waals surface area (Å²) in [6, 6.07) is 11.1. The van der Waals surface area contributed by atoms with E-state index >= 15 is 0 Å². The summed E-state index contributed by atoms with van der Waals surface area (Å²) in [5.74, 6) is 1.34. The number of anilines is 1. The number of aromatic nitrogens is 2. The highest BCUT2D eigenvalue weighted by Crippen LogP contribution is 2.38. The van der Waals surface area contributed by atoms with Crippen LogP contribution in [0.15, 0.2) is 48.8 Å². The number of carbonyl (C=O) groups excluding carboxylic acids is 2. The Hall–Kier alpha value is -3.72. The summed E-state index contributed by atoms with van der Waals surface area (Å²) in [6.07, 6.45) is 8.03. The van der Waals surface area contributed by atoms with E-state index in [0.29, 0.717) is 35.2 Å². The first-order chi connectivity index (χ1) is 19.0. The summed E-state index contributed by atoms with van der Waals surface area (Å²) in [6.45, 7) is 5.60. The van der Waals surface area contributed by atoms with Gasteiger partial charge >= 0.3 is 5.97 Å². The maximum Gasteiger partial charge on any atom is 0.339 e. The van der Waals surface area contributed by atoms with Crippen LogP contribution >= 0.6 is 0 Å². The predicted molar refractivity (Wildman–Crippen MR) is 148 cm³/mol. The van der Waals surface area contributed by atoms with Gasteiger partial charge < -0.3 is 20.1 Å². The molecule has 9 nitrogen and oxygen atoms in total. The van der Waals surface area contributed by atoms with E-state index in [1.807, 2.05) is 30.5 Å². The van der Waals surface area contributed by atoms with Gasteiger partial charge in [0.2, 0.25) is 0 Å². The molecule has 6 rings (SSSR count). The zero-order valence-corrected chi connectivity index (χ0v) is 22.2. The topological polar surface area (TPSA) is 111 Å². The molecule has 0 unspecified atom stereocenters. The summed E-state index contributed by atoms with van der Waals surface area (Å²) < 4.78 is 11.7. The molecule has 0 bridgehead atoms. The Morgan fingerprint density at radius 2 is 1.79 bits per heavy atom. The van der Waals surface area contributed by atoms with Gasteiger partial charge in [-0.25, -0.2) is 9.78 Å². The minimum atomic E-state index is -1.26. The van der Waals surface area contributed by atoms with Crippen molar-refractivity contribution >= 4 is 28.6 Å². The van der Waals surface area contributed by atoms with Crippen molar-refractivity contribution in [1.29, 1.82) is 0 Å². The quantitative estimate of drug-likeness (QED) is 0.464. The molecule has 3 aliphatic rings. The number of ether oxygens (including phenoxy) is 2. The molecular formula is C30H35N5O4. The van der Waals surface area contributed by atoms with Gasteiger partial charge in [0.1, 0.15) is 0 Å². The highest BCUT2D eigenvalue weighted by Gasteiger charge is 2.44. The van der Waals surface area contributed by atoms with E-state index in [4.69, 9.17) is 15.2 Å². The number of primary amides is 1. The van der Waals surface area contributed by atoms with Crippen molar-refractivity contribution in [3.8, 4) is 5.75 Å². The van der Waals surface area contributed by atoms with E-state index in [-0.39, 0.29) is 0 Å². The van der Waals surface area contributed by atoms with Gasteiger partial charge in [0.15, 0.2) is 17.2 Å². The fourth-order valence-corrected chi connectivity index (χ4v) is 6.20. The molecule has 1 aromatic carbocycles. The maximum atomic E-state index is 13.2. The zero-order chi connectivity index (χ0) is 26.8. The van der Waals surface area contributed by atoms with Crippen LogP contribution in [-0.4, -0.2) is 71.7 Å². The van der Waals surface area contributed by atoms with Gasteiger partial charge in [-0.1, -0.05) is 18.2 Å². The lowest BCUT2D eigenvalue weighted by molar-refractivity contribution is -0.141. The number of benzene rings is 1. The molecule has 2 aliphatic heterocycles. The Bertz CT molecular complexity index is 1360. The lowest BCUT2D eigenvalue weighted by Crippen LogP contribution is -2.50. The van der Waals surface area contributed by atoms with E-state index in [9.17, 15) is 9.59 Å². The van der Waals surface area contributed by atoms with Gasteiger partial charge in [-0.2, -0.15) is 0 Å². The molecule has 4 heterocycles. The van der Waals surface area contributed by atoms with Crippen LogP contribution in [0.2, 0.25) is 0 Å². The summed E-state index contributed by atoms with van der Waals surface area (Å²) in [4.78, 5) is 39.5. The number of amides is 1. The van der Waals surface area contributed by atoms with Gasteiger partial charge in [0, 0.05) is 55.9 Å². The van der Waals surface area contributed by atoms with Gasteiger partial charge in [-0.3, -0.25) is 14.7 Å². The fourth-order valence-electron chi connectivity index (χ4n) is 6.20. The van der Waals surface area contributed by atoms with Crippen LogP contribution in [0.4, 0.5) is 5.82 Å². The minimum absolute atomic E-state index is 0.407. The monoisotopic (exact) mass is 529 g/mol. The van der Waals surface area contributed by atoms with Crippen molar-refractivity contribution in [3.63, 3.8) is 0 Å². The van der Waals surface area contributed by atoms with Crippen molar-refractivity contribution in [2.45, 2.75) is 44.1 Å². The molecule has 2 aromatic heterocycles. The number of piperazine rings is 1. The number of rotatable bonds is 7. The van der Waals surface area contributed by atoms with E-state index in [2.05, 4.69) is 25.8 Å². The third kappa shape index (κ3) is 5.15. The smallest absolute Gasteiger partial charge is 0.339 e. The number of fused-ring (bicyclic) bond motifs is 2. The van der Waals surface area contributed by atoms with E-state index in [1.165, 1.54) is 5.56 Å². The summed E-state index contributed by atoms with van der Waals surface area (Å²) in [7, 11) is 0. The van der Waals surface area contributed by atoms with Gasteiger partial charge in [-0.15, -0.1) is 0 Å². The van der Waals surface area contributed by atoms with Crippen LogP contribution in [-0.2, 0) is 16.0 Å². The molecule has 204 valence electrons. The normalized spacial score (nSPS) is 23.3. The standard InChI is InChI=1S/C30H35N5O4/c31-29(37)30(39-28(36)24-8-14-32-25-4-2-1-3-23(24)25)11-5-21(6-12-30)9-15-34-16-18-35(19-17-34)27-26-22(7-13-33-27)10-20-38-26/h1-4,7-8,13-14,21H,5-6,9-12,15-20H2,(H2,31,37). The Labute approximate surface area is 228 Å². The van der Waals surface area contributed by atoms with Gasteiger partial charge in [0.05, 0.1) is 17.7 Å². The third-order valence-electron chi connectivity index (χ3n) is 8.63. The van der Waals surface area contributed by atoms with Crippen molar-refractivity contribution in [3.05, 3.63) is 59.9 Å². The number of hydrogen-bond acceptors (Lipinski definition) is 8. The number of hydrogen-bond donors (Lipinski definition) is 1. The molecule has 9 heteroatoms. The van der Waals surface area contributed by atoms with Crippen LogP contribution in [0.25, 0.3) is 10.9 Å². The average molecular weight is 530 g/mol. The van der Waals surface area contributed by atoms with Gasteiger partial charge in [0.25, 0.3) is 5.91 Å². The van der Waals surface area contributed by atoms with Crippen LogP contribution in [0, 0.1) is 5.92 Å². The first-order valence-corrected chi connectivity index (χ1v) is 14.0. The van der Waals surface area contributed by atoms with Crippen LogP contribution in [0.1, 0.15) is 48.0 Å². The van der Waals surface area contributed by atoms with Crippen molar-refractivity contribution < 1.29 is 19.1 Å². The molecule has 1 saturated carbocycles. The number of carbonyl (C=O) groups is 2. The Morgan fingerprint density at radius 3 is 2.59 bits per heavy atom. The van der Waals surface area contributed by atoms with Crippen molar-refractivity contribution in [2.24, 2.45) is 11.7 Å². The van der Waals surface area contributed by atoms with Crippen LogP contribution < -0.4 is 15.4 Å². The van der Waals surface area contributed by atoms with Crippen molar-refractivity contribution in [1.82, 2.24) is 14.9 Å². The Balaban J connectivity index is 1.01. The predicted octanol–water partition coefficient (Wildman–Crippen LogP) is 3.35. The Morgan fingerprint density at radius 1 is 1.03 bits per heavy atom. The van der Waals surface area contributed by atoms with E-state index in [1.54, 1.807) is 12.3 Å². The highest BCUT2D eigenvalue weighted by atomic mass is 16.6. The molecule has 3 aromatic rings. The maximum absolute atomic E-state index is 13.2. The molecular weight excluding hydrogens is 494 g/mol. The summed E-state index contributed by atoms with van der Waals surface area (Å²) in [5, 5.41) is 0.707. The van der Waals surface area contributed by atoms with Crippen LogP contribution in [0.3, 0.4) is 0 Å². The number of pyridine rings is 2. The number of para-hydroxylation sites is 1. The Kier molecular flexibility index (Phi) is 7.08. The fraction of sp³-hybridized carbons (Fsp3) is 0.467. The second-order valence-corrected chi connectivity index (χ2v) is 10.9. The third-order valence-corrected chi connectivity index (χ3v) is 8.63. The van der Waals surface area contributed by atoms with E-state index < -0.39 is 17.5 Å². The minimum Gasteiger partial charge on any atom is -0.489 e. The number of nitrogens with two attached hydrogens (primary N) is 1. The molecule has 1 amide bonds. The molecule has 2 N–H and O–H groups in total. The highest BCUT2D eigenvalue weighted by molar-refractivity contribution is 6.04. The second-order valence-electron chi connectivity index (χ2n) is 10.9. The molecule has 0 atom stereocenters. The molecule has 1 saturated heterocycles. The van der Waals surface area contributed by atoms with Crippen LogP contribution in [0.5, 0.6) is 5.75 Å². The summed E-state index contributed by atoms with van der Waals surface area (Å²) in [5.41, 5.74) is 6.93. The molecule has 0 spiro atoms. The molecule has 39 heavy (non-hydrogen) atoms. The van der Waals surface area contributed by atoms with Crippen molar-refractivity contribution in [2.75, 3.05) is 44.2 Å². The van der Waals surface area contributed by atoms with Gasteiger partial charge in [-0.05, 0) is 62.8 Å². The number of esters is 1. The first-order valence-electron chi connectivity index (χ1n) is 14.0.